The van der Waals surface area contributed by atoms with E-state index in [1.807, 2.05) is 25.1 Å². The molecule has 0 aliphatic carbocycles. The fraction of sp³-hybridized carbons (Fsp3) is 0.562. The van der Waals surface area contributed by atoms with Crippen LogP contribution in [0.1, 0.15) is 19.4 Å². The third-order valence-corrected chi connectivity index (χ3v) is 3.75. The summed E-state index contributed by atoms with van der Waals surface area (Å²) in [4.78, 5) is 14.2. The van der Waals surface area contributed by atoms with Crippen molar-refractivity contribution in [2.45, 2.75) is 32.4 Å². The van der Waals surface area contributed by atoms with Gasteiger partial charge in [-0.05, 0) is 31.0 Å². The zero-order chi connectivity index (χ0) is 15.2. The summed E-state index contributed by atoms with van der Waals surface area (Å²) in [6.07, 6.45) is 0.971. The van der Waals surface area contributed by atoms with Gasteiger partial charge in [0.15, 0.2) is 0 Å². The number of nitrogens with zero attached hydrogens (tertiary/aromatic N) is 1. The number of anilines is 1. The highest BCUT2D eigenvalue weighted by atomic mass is 16.5. The first kappa shape index (κ1) is 15.9. The second-order valence-electron chi connectivity index (χ2n) is 5.61. The first-order valence-corrected chi connectivity index (χ1v) is 7.57. The summed E-state index contributed by atoms with van der Waals surface area (Å²) in [6, 6.07) is 7.95. The quantitative estimate of drug-likeness (QED) is 0.856. The van der Waals surface area contributed by atoms with Crippen LogP contribution in [-0.2, 0) is 16.0 Å². The number of ether oxygens (including phenoxy) is 1. The summed E-state index contributed by atoms with van der Waals surface area (Å²) in [6.45, 7) is 6.52. The van der Waals surface area contributed by atoms with E-state index >= 15 is 0 Å². The van der Waals surface area contributed by atoms with Gasteiger partial charge in [0.25, 0.3) is 0 Å². The number of morpholine rings is 1. The Morgan fingerprint density at radius 2 is 2.38 bits per heavy atom. The van der Waals surface area contributed by atoms with E-state index in [-0.39, 0.29) is 18.1 Å². The van der Waals surface area contributed by atoms with Crippen LogP contribution >= 0.6 is 0 Å². The van der Waals surface area contributed by atoms with Crippen LogP contribution in [0, 0.1) is 0 Å². The molecule has 2 unspecified atom stereocenters. The molecule has 5 nitrogen and oxygen atoms in total. The van der Waals surface area contributed by atoms with Crippen LogP contribution in [0.5, 0.6) is 0 Å². The molecule has 0 saturated carbocycles. The number of aryl methyl sites for hydroxylation is 1. The average molecular weight is 291 g/mol. The monoisotopic (exact) mass is 291 g/mol. The first-order chi connectivity index (χ1) is 10.1. The van der Waals surface area contributed by atoms with Gasteiger partial charge >= 0.3 is 0 Å². The van der Waals surface area contributed by atoms with Gasteiger partial charge in [0.1, 0.15) is 0 Å². The van der Waals surface area contributed by atoms with Gasteiger partial charge in [0.2, 0.25) is 5.91 Å². The maximum atomic E-state index is 12.1. The van der Waals surface area contributed by atoms with Crippen molar-refractivity contribution in [2.75, 3.05) is 31.6 Å². The molecule has 21 heavy (non-hydrogen) atoms. The van der Waals surface area contributed by atoms with E-state index in [0.29, 0.717) is 19.7 Å². The molecule has 1 amide bonds. The van der Waals surface area contributed by atoms with Gasteiger partial charge in [-0.1, -0.05) is 19.1 Å². The summed E-state index contributed by atoms with van der Waals surface area (Å²) < 4.78 is 5.60. The molecule has 0 spiro atoms. The Morgan fingerprint density at radius 1 is 1.57 bits per heavy atom. The number of nitrogens with one attached hydrogen (secondary N) is 1. The van der Waals surface area contributed by atoms with Crippen molar-refractivity contribution in [1.82, 2.24) is 4.90 Å². The number of carbonyl (C=O) groups is 1. The van der Waals surface area contributed by atoms with E-state index in [4.69, 9.17) is 10.5 Å². The average Bonchev–Trinajstić information content (AvgIpc) is 2.47. The highest BCUT2D eigenvalue weighted by Gasteiger charge is 2.24. The molecule has 1 saturated heterocycles. The highest BCUT2D eigenvalue weighted by molar-refractivity contribution is 5.92. The number of rotatable bonds is 5. The molecule has 0 aromatic heterocycles. The lowest BCUT2D eigenvalue weighted by Gasteiger charge is -2.34. The molecule has 5 heteroatoms. The Morgan fingerprint density at radius 3 is 3.10 bits per heavy atom. The zero-order valence-corrected chi connectivity index (χ0v) is 12.8. The minimum atomic E-state index is -0.0166. The summed E-state index contributed by atoms with van der Waals surface area (Å²) in [5.41, 5.74) is 7.94. The summed E-state index contributed by atoms with van der Waals surface area (Å²) in [5.74, 6) is 0.00794. The van der Waals surface area contributed by atoms with Crippen molar-refractivity contribution < 1.29 is 9.53 Å². The molecule has 1 aliphatic rings. The molecule has 0 bridgehead atoms. The fourth-order valence-electron chi connectivity index (χ4n) is 2.47. The second kappa shape index (κ2) is 7.54. The van der Waals surface area contributed by atoms with Gasteiger partial charge in [0.05, 0.1) is 19.3 Å². The van der Waals surface area contributed by atoms with Crippen LogP contribution in [0.2, 0.25) is 0 Å². The van der Waals surface area contributed by atoms with Gasteiger partial charge in [-0.3, -0.25) is 9.69 Å². The van der Waals surface area contributed by atoms with E-state index in [1.165, 1.54) is 5.56 Å². The van der Waals surface area contributed by atoms with Crippen LogP contribution in [-0.4, -0.2) is 49.2 Å². The third-order valence-electron chi connectivity index (χ3n) is 3.75. The van der Waals surface area contributed by atoms with Crippen molar-refractivity contribution in [3.63, 3.8) is 0 Å². The Kier molecular flexibility index (Phi) is 5.73. The van der Waals surface area contributed by atoms with Gasteiger partial charge in [0, 0.05) is 24.8 Å². The molecule has 116 valence electrons. The SMILES string of the molecule is CCc1cccc(NC(=O)CN2CCOC(C(C)N)C2)c1. The minimum Gasteiger partial charge on any atom is -0.374 e. The lowest BCUT2D eigenvalue weighted by atomic mass is 10.1. The zero-order valence-electron chi connectivity index (χ0n) is 12.8. The molecule has 0 radical (unpaired) electrons. The molecule has 1 heterocycles. The maximum Gasteiger partial charge on any atom is 0.238 e. The van der Waals surface area contributed by atoms with E-state index in [9.17, 15) is 4.79 Å². The predicted octanol–water partition coefficient (Wildman–Crippen LogP) is 1.24. The second-order valence-corrected chi connectivity index (χ2v) is 5.61. The van der Waals surface area contributed by atoms with Gasteiger partial charge in [-0.25, -0.2) is 0 Å². The van der Waals surface area contributed by atoms with Crippen molar-refractivity contribution in [3.8, 4) is 0 Å². The lowest BCUT2D eigenvalue weighted by Crippen LogP contribution is -2.51. The smallest absolute Gasteiger partial charge is 0.238 e. The number of benzene rings is 1. The standard InChI is InChI=1S/C16H25N3O2/c1-3-13-5-4-6-14(9-13)18-16(20)11-19-7-8-21-15(10-19)12(2)17/h4-6,9,12,15H,3,7-8,10-11,17H2,1-2H3,(H,18,20). The van der Waals surface area contributed by atoms with Gasteiger partial charge in [-0.2, -0.15) is 0 Å². The Bertz CT molecular complexity index is 476. The van der Waals surface area contributed by atoms with Crippen LogP contribution < -0.4 is 11.1 Å². The highest BCUT2D eigenvalue weighted by Crippen LogP contribution is 2.12. The molecular formula is C16H25N3O2. The number of hydrogen-bond donors (Lipinski definition) is 2. The topological polar surface area (TPSA) is 67.6 Å². The van der Waals surface area contributed by atoms with Crippen LogP contribution in [0.15, 0.2) is 24.3 Å². The first-order valence-electron chi connectivity index (χ1n) is 7.57. The summed E-state index contributed by atoms with van der Waals surface area (Å²) in [7, 11) is 0. The number of hydrogen-bond acceptors (Lipinski definition) is 4. The van der Waals surface area contributed by atoms with E-state index in [0.717, 1.165) is 18.7 Å². The summed E-state index contributed by atoms with van der Waals surface area (Å²) in [5, 5.41) is 2.96. The minimum absolute atomic E-state index is 0.00794. The number of amides is 1. The molecule has 3 N–H and O–H groups in total. The molecule has 1 fully saturated rings. The lowest BCUT2D eigenvalue weighted by molar-refractivity contribution is -0.119. The van der Waals surface area contributed by atoms with Crippen molar-refractivity contribution >= 4 is 11.6 Å². The van der Waals surface area contributed by atoms with Crippen molar-refractivity contribution in [1.29, 1.82) is 0 Å². The van der Waals surface area contributed by atoms with Gasteiger partial charge < -0.3 is 15.8 Å². The Hall–Kier alpha value is -1.43. The molecule has 1 aromatic carbocycles. The van der Waals surface area contributed by atoms with Gasteiger partial charge in [-0.15, -0.1) is 0 Å². The summed E-state index contributed by atoms with van der Waals surface area (Å²) >= 11 is 0. The molecule has 1 aromatic rings. The molecule has 1 aliphatic heterocycles. The normalized spacial score (nSPS) is 21.0. The van der Waals surface area contributed by atoms with E-state index < -0.39 is 0 Å². The molecular weight excluding hydrogens is 266 g/mol. The number of carbonyl (C=O) groups excluding carboxylic acids is 1. The van der Waals surface area contributed by atoms with E-state index in [1.54, 1.807) is 0 Å². The van der Waals surface area contributed by atoms with E-state index in [2.05, 4.69) is 23.2 Å². The third kappa shape index (κ3) is 4.81. The Labute approximate surface area is 126 Å². The van der Waals surface area contributed by atoms with Crippen LogP contribution in [0.3, 0.4) is 0 Å². The van der Waals surface area contributed by atoms with Crippen LogP contribution in [0.25, 0.3) is 0 Å². The fourth-order valence-corrected chi connectivity index (χ4v) is 2.47. The molecule has 2 atom stereocenters. The largest absolute Gasteiger partial charge is 0.374 e. The van der Waals surface area contributed by atoms with Crippen LogP contribution in [0.4, 0.5) is 5.69 Å². The predicted molar refractivity (Wildman–Crippen MR) is 84.3 cm³/mol. The number of nitrogens with two attached hydrogens (primary N) is 1. The van der Waals surface area contributed by atoms with Crippen molar-refractivity contribution in [3.05, 3.63) is 29.8 Å². The Balaban J connectivity index is 1.86. The molecule has 2 rings (SSSR count). The maximum absolute atomic E-state index is 12.1. The van der Waals surface area contributed by atoms with Crippen molar-refractivity contribution in [2.24, 2.45) is 5.73 Å².